The average Bonchev–Trinajstić information content (AvgIpc) is 3.20. The van der Waals surface area contributed by atoms with E-state index in [0.29, 0.717) is 24.5 Å². The Labute approximate surface area is 146 Å². The zero-order valence-corrected chi connectivity index (χ0v) is 13.9. The Hall–Kier alpha value is -3.08. The Morgan fingerprint density at radius 1 is 1.04 bits per heavy atom. The molecule has 0 aliphatic rings. The van der Waals surface area contributed by atoms with Crippen molar-refractivity contribution in [3.63, 3.8) is 0 Å². The predicted molar refractivity (Wildman–Crippen MR) is 95.4 cm³/mol. The van der Waals surface area contributed by atoms with E-state index < -0.39 is 0 Å². The zero-order valence-electron chi connectivity index (χ0n) is 13.9. The number of carbonyl (C=O) groups excluding carboxylic acids is 1. The Bertz CT molecular complexity index is 768. The van der Waals surface area contributed by atoms with E-state index in [4.69, 9.17) is 9.15 Å². The second-order valence-electron chi connectivity index (χ2n) is 5.57. The van der Waals surface area contributed by atoms with Crippen LogP contribution in [0.2, 0.25) is 0 Å². The van der Waals surface area contributed by atoms with Gasteiger partial charge in [-0.25, -0.2) is 4.98 Å². The van der Waals surface area contributed by atoms with E-state index in [-0.39, 0.29) is 5.91 Å². The minimum Gasteiger partial charge on any atom is -0.494 e. The summed E-state index contributed by atoms with van der Waals surface area (Å²) >= 11 is 0. The standard InChI is InChI=1S/C20H20N2O3/c23-20(17-10-8-16(9-11-17)19-14-21-15-25-19)22-12-4-5-13-24-18-6-2-1-3-7-18/h1-3,6-11,14-15H,4-5,12-13H2,(H,22,23). The third-order valence-electron chi connectivity index (χ3n) is 3.73. The second kappa shape index (κ2) is 8.68. The molecule has 1 N–H and O–H groups in total. The smallest absolute Gasteiger partial charge is 0.251 e. The van der Waals surface area contributed by atoms with Gasteiger partial charge in [-0.3, -0.25) is 4.79 Å². The van der Waals surface area contributed by atoms with Crippen molar-refractivity contribution in [2.24, 2.45) is 0 Å². The first kappa shape index (κ1) is 16.8. The van der Waals surface area contributed by atoms with Gasteiger partial charge in [-0.2, -0.15) is 0 Å². The fourth-order valence-corrected chi connectivity index (χ4v) is 2.38. The van der Waals surface area contributed by atoms with E-state index in [1.807, 2.05) is 42.5 Å². The summed E-state index contributed by atoms with van der Waals surface area (Å²) in [7, 11) is 0. The van der Waals surface area contributed by atoms with Crippen molar-refractivity contribution in [2.75, 3.05) is 13.2 Å². The molecule has 0 saturated heterocycles. The molecule has 0 unspecified atom stereocenters. The maximum absolute atomic E-state index is 12.1. The molecule has 0 fully saturated rings. The van der Waals surface area contributed by atoms with Gasteiger partial charge in [-0.05, 0) is 37.1 Å². The van der Waals surface area contributed by atoms with Crippen LogP contribution in [0.1, 0.15) is 23.2 Å². The molecule has 3 aromatic rings. The van der Waals surface area contributed by atoms with Gasteiger partial charge in [0.1, 0.15) is 5.75 Å². The molecule has 1 amide bonds. The molecule has 0 bridgehead atoms. The van der Waals surface area contributed by atoms with Crippen LogP contribution in [0.5, 0.6) is 5.75 Å². The number of amides is 1. The molecule has 0 aliphatic heterocycles. The van der Waals surface area contributed by atoms with Crippen LogP contribution >= 0.6 is 0 Å². The first-order valence-electron chi connectivity index (χ1n) is 8.28. The molecule has 5 heteroatoms. The zero-order chi connectivity index (χ0) is 17.3. The molecule has 3 rings (SSSR count). The van der Waals surface area contributed by atoms with Gasteiger partial charge >= 0.3 is 0 Å². The fourth-order valence-electron chi connectivity index (χ4n) is 2.38. The Morgan fingerprint density at radius 3 is 2.56 bits per heavy atom. The van der Waals surface area contributed by atoms with Crippen molar-refractivity contribution in [1.82, 2.24) is 10.3 Å². The molecule has 0 radical (unpaired) electrons. The number of benzene rings is 2. The normalized spacial score (nSPS) is 10.4. The summed E-state index contributed by atoms with van der Waals surface area (Å²) in [6, 6.07) is 17.0. The van der Waals surface area contributed by atoms with E-state index in [1.54, 1.807) is 18.3 Å². The van der Waals surface area contributed by atoms with Crippen molar-refractivity contribution >= 4 is 5.91 Å². The maximum atomic E-state index is 12.1. The minimum absolute atomic E-state index is 0.0758. The highest BCUT2D eigenvalue weighted by molar-refractivity contribution is 5.94. The van der Waals surface area contributed by atoms with E-state index in [9.17, 15) is 4.79 Å². The predicted octanol–water partition coefficient (Wildman–Crippen LogP) is 3.93. The van der Waals surface area contributed by atoms with E-state index in [2.05, 4.69) is 10.3 Å². The quantitative estimate of drug-likeness (QED) is 0.633. The number of aromatic nitrogens is 1. The lowest BCUT2D eigenvalue weighted by Crippen LogP contribution is -2.24. The molecule has 0 atom stereocenters. The monoisotopic (exact) mass is 336 g/mol. The van der Waals surface area contributed by atoms with Crippen LogP contribution in [0, 0.1) is 0 Å². The number of ether oxygens (including phenoxy) is 1. The summed E-state index contributed by atoms with van der Waals surface area (Å²) in [6.07, 6.45) is 4.79. The topological polar surface area (TPSA) is 64.4 Å². The van der Waals surface area contributed by atoms with E-state index in [1.165, 1.54) is 6.39 Å². The van der Waals surface area contributed by atoms with Crippen molar-refractivity contribution in [1.29, 1.82) is 0 Å². The Balaban J connectivity index is 1.36. The number of nitrogens with zero attached hydrogens (tertiary/aromatic N) is 1. The van der Waals surface area contributed by atoms with Gasteiger partial charge in [-0.15, -0.1) is 0 Å². The van der Waals surface area contributed by atoms with Crippen molar-refractivity contribution < 1.29 is 13.9 Å². The molecule has 5 nitrogen and oxygen atoms in total. The average molecular weight is 336 g/mol. The first-order valence-corrected chi connectivity index (χ1v) is 8.28. The summed E-state index contributed by atoms with van der Waals surface area (Å²) in [5, 5.41) is 2.92. The number of hydrogen-bond acceptors (Lipinski definition) is 4. The Morgan fingerprint density at radius 2 is 1.84 bits per heavy atom. The number of hydrogen-bond donors (Lipinski definition) is 1. The molecule has 1 heterocycles. The number of oxazole rings is 1. The lowest BCUT2D eigenvalue weighted by molar-refractivity contribution is 0.0952. The molecule has 2 aromatic carbocycles. The van der Waals surface area contributed by atoms with Crippen LogP contribution in [0.4, 0.5) is 0 Å². The molecule has 0 aliphatic carbocycles. The number of nitrogens with one attached hydrogen (secondary N) is 1. The Kier molecular flexibility index (Phi) is 5.82. The molecule has 25 heavy (non-hydrogen) atoms. The van der Waals surface area contributed by atoms with Crippen LogP contribution in [0.3, 0.4) is 0 Å². The molecule has 128 valence electrons. The lowest BCUT2D eigenvalue weighted by Gasteiger charge is -2.07. The number of carbonyl (C=O) groups is 1. The number of rotatable bonds is 8. The number of unbranched alkanes of at least 4 members (excludes halogenated alkanes) is 1. The minimum atomic E-state index is -0.0758. The van der Waals surface area contributed by atoms with Gasteiger partial charge in [0.25, 0.3) is 5.91 Å². The lowest BCUT2D eigenvalue weighted by atomic mass is 10.1. The maximum Gasteiger partial charge on any atom is 0.251 e. The van der Waals surface area contributed by atoms with Crippen molar-refractivity contribution in [3.05, 3.63) is 72.8 Å². The van der Waals surface area contributed by atoms with Crippen LogP contribution < -0.4 is 10.1 Å². The van der Waals surface area contributed by atoms with Crippen molar-refractivity contribution in [2.45, 2.75) is 12.8 Å². The van der Waals surface area contributed by atoms with Gasteiger partial charge in [0.2, 0.25) is 0 Å². The fraction of sp³-hybridized carbons (Fsp3) is 0.200. The van der Waals surface area contributed by atoms with Crippen LogP contribution in [-0.4, -0.2) is 24.0 Å². The van der Waals surface area contributed by atoms with Crippen LogP contribution in [-0.2, 0) is 0 Å². The third kappa shape index (κ3) is 4.94. The van der Waals surface area contributed by atoms with E-state index in [0.717, 1.165) is 24.2 Å². The third-order valence-corrected chi connectivity index (χ3v) is 3.73. The molecule has 0 saturated carbocycles. The summed E-state index contributed by atoms with van der Waals surface area (Å²) < 4.78 is 10.9. The second-order valence-corrected chi connectivity index (χ2v) is 5.57. The summed E-state index contributed by atoms with van der Waals surface area (Å²) in [4.78, 5) is 16.0. The highest BCUT2D eigenvalue weighted by Gasteiger charge is 2.06. The van der Waals surface area contributed by atoms with Gasteiger partial charge in [0.05, 0.1) is 12.8 Å². The molecular weight excluding hydrogens is 316 g/mol. The summed E-state index contributed by atoms with van der Waals surface area (Å²) in [5.41, 5.74) is 1.52. The van der Waals surface area contributed by atoms with Gasteiger partial charge in [0.15, 0.2) is 12.2 Å². The van der Waals surface area contributed by atoms with Crippen LogP contribution in [0.25, 0.3) is 11.3 Å². The molecular formula is C20H20N2O3. The first-order chi connectivity index (χ1) is 12.3. The largest absolute Gasteiger partial charge is 0.494 e. The highest BCUT2D eigenvalue weighted by atomic mass is 16.5. The van der Waals surface area contributed by atoms with Crippen LogP contribution in [0.15, 0.2) is 71.6 Å². The van der Waals surface area contributed by atoms with Crippen molar-refractivity contribution in [3.8, 4) is 17.1 Å². The SMILES string of the molecule is O=C(NCCCCOc1ccccc1)c1ccc(-c2cnco2)cc1. The summed E-state index contributed by atoms with van der Waals surface area (Å²) in [5.74, 6) is 1.48. The van der Waals surface area contributed by atoms with Gasteiger partial charge in [-0.1, -0.05) is 30.3 Å². The number of para-hydroxylation sites is 1. The van der Waals surface area contributed by atoms with E-state index >= 15 is 0 Å². The van der Waals surface area contributed by atoms with Gasteiger partial charge in [0, 0.05) is 17.7 Å². The van der Waals surface area contributed by atoms with Gasteiger partial charge < -0.3 is 14.5 Å². The molecule has 0 spiro atoms. The highest BCUT2D eigenvalue weighted by Crippen LogP contribution is 2.18. The summed E-state index contributed by atoms with van der Waals surface area (Å²) in [6.45, 7) is 1.27. The molecule has 1 aromatic heterocycles.